The van der Waals surface area contributed by atoms with Crippen LogP contribution in [0.3, 0.4) is 0 Å². The maximum absolute atomic E-state index is 12.5. The molecule has 1 aromatic rings. The van der Waals surface area contributed by atoms with Crippen LogP contribution in [0.4, 0.5) is 0 Å². The third-order valence-electron chi connectivity index (χ3n) is 3.53. The predicted octanol–water partition coefficient (Wildman–Crippen LogP) is 2.09. The Hall–Kier alpha value is -2.08. The molecule has 0 aliphatic rings. The molecule has 1 aromatic carbocycles. The lowest BCUT2D eigenvalue weighted by atomic mass is 10.0. The van der Waals surface area contributed by atoms with Gasteiger partial charge in [0.2, 0.25) is 11.8 Å². The summed E-state index contributed by atoms with van der Waals surface area (Å²) in [7, 11) is 1.26. The van der Waals surface area contributed by atoms with Crippen molar-refractivity contribution in [3.63, 3.8) is 0 Å². The van der Waals surface area contributed by atoms with Crippen LogP contribution in [0.1, 0.15) is 32.8 Å². The van der Waals surface area contributed by atoms with Gasteiger partial charge in [0.05, 0.1) is 7.11 Å². The number of halogens is 1. The number of nitrogens with one attached hydrogen (secondary N) is 2. The minimum Gasteiger partial charge on any atom is -0.467 e. The van der Waals surface area contributed by atoms with Gasteiger partial charge < -0.3 is 15.4 Å². The molecule has 6 nitrogen and oxygen atoms in total. The van der Waals surface area contributed by atoms with Crippen LogP contribution in [0.5, 0.6) is 0 Å². The van der Waals surface area contributed by atoms with Crippen molar-refractivity contribution in [1.29, 1.82) is 0 Å². The van der Waals surface area contributed by atoms with E-state index < -0.39 is 24.0 Å². The second kappa shape index (κ2) is 10.0. The Balaban J connectivity index is 2.89. The molecule has 0 spiro atoms. The highest BCUT2D eigenvalue weighted by atomic mass is 35.5. The molecule has 2 amide bonds. The molecule has 25 heavy (non-hydrogen) atoms. The Morgan fingerprint density at radius 3 is 2.36 bits per heavy atom. The van der Waals surface area contributed by atoms with Gasteiger partial charge in [-0.1, -0.05) is 37.6 Å². The standard InChI is InChI=1S/C18H25ClN2O4/c1-11(2)8-15(20-12(3)22)17(23)21-16(18(24)25-4)10-13-6-5-7-14(19)9-13/h5-7,9,11,15-16H,8,10H2,1-4H3,(H,20,22)(H,21,23)/t15-,16+/m0/s1. The largest absolute Gasteiger partial charge is 0.467 e. The summed E-state index contributed by atoms with van der Waals surface area (Å²) in [5.41, 5.74) is 0.795. The van der Waals surface area contributed by atoms with E-state index in [1.165, 1.54) is 14.0 Å². The molecule has 0 saturated carbocycles. The van der Waals surface area contributed by atoms with E-state index in [-0.39, 0.29) is 18.2 Å². The number of hydrogen-bond donors (Lipinski definition) is 2. The van der Waals surface area contributed by atoms with Crippen molar-refractivity contribution in [3.8, 4) is 0 Å². The van der Waals surface area contributed by atoms with Crippen LogP contribution in [-0.2, 0) is 25.5 Å². The summed E-state index contributed by atoms with van der Waals surface area (Å²) in [4.78, 5) is 35.9. The van der Waals surface area contributed by atoms with E-state index in [1.54, 1.807) is 18.2 Å². The molecule has 0 heterocycles. The number of esters is 1. The zero-order chi connectivity index (χ0) is 19.0. The van der Waals surface area contributed by atoms with Crippen LogP contribution >= 0.6 is 11.6 Å². The van der Waals surface area contributed by atoms with Gasteiger partial charge >= 0.3 is 5.97 Å². The summed E-state index contributed by atoms with van der Waals surface area (Å²) >= 11 is 5.96. The van der Waals surface area contributed by atoms with E-state index in [2.05, 4.69) is 10.6 Å². The fraction of sp³-hybridized carbons (Fsp3) is 0.500. The van der Waals surface area contributed by atoms with E-state index in [9.17, 15) is 14.4 Å². The molecule has 0 radical (unpaired) electrons. The zero-order valence-corrected chi connectivity index (χ0v) is 15.7. The monoisotopic (exact) mass is 368 g/mol. The highest BCUT2D eigenvalue weighted by molar-refractivity contribution is 6.30. The first-order valence-electron chi connectivity index (χ1n) is 8.12. The van der Waals surface area contributed by atoms with Gasteiger partial charge in [-0.2, -0.15) is 0 Å². The summed E-state index contributed by atoms with van der Waals surface area (Å²) in [6.45, 7) is 5.25. The molecule has 0 aromatic heterocycles. The van der Waals surface area contributed by atoms with Crippen LogP contribution in [0.2, 0.25) is 5.02 Å². The number of carbonyl (C=O) groups is 3. The number of ether oxygens (including phenoxy) is 1. The zero-order valence-electron chi connectivity index (χ0n) is 15.0. The maximum Gasteiger partial charge on any atom is 0.328 e. The molecular formula is C18H25ClN2O4. The molecule has 0 aliphatic carbocycles. The Labute approximate surface area is 153 Å². The van der Waals surface area contributed by atoms with Crippen molar-refractivity contribution in [2.75, 3.05) is 7.11 Å². The van der Waals surface area contributed by atoms with Crippen molar-refractivity contribution in [2.45, 2.75) is 45.7 Å². The minimum atomic E-state index is -0.862. The molecule has 0 aliphatic heterocycles. The van der Waals surface area contributed by atoms with Crippen LogP contribution < -0.4 is 10.6 Å². The quantitative estimate of drug-likeness (QED) is 0.688. The van der Waals surface area contributed by atoms with Crippen molar-refractivity contribution in [1.82, 2.24) is 10.6 Å². The molecule has 0 fully saturated rings. The van der Waals surface area contributed by atoms with Crippen LogP contribution in [0, 0.1) is 5.92 Å². The Morgan fingerprint density at radius 2 is 1.84 bits per heavy atom. The lowest BCUT2D eigenvalue weighted by molar-refractivity contribution is -0.145. The fourth-order valence-electron chi connectivity index (χ4n) is 2.46. The van der Waals surface area contributed by atoms with Crippen molar-refractivity contribution in [3.05, 3.63) is 34.9 Å². The Morgan fingerprint density at radius 1 is 1.16 bits per heavy atom. The van der Waals surface area contributed by atoms with Crippen LogP contribution in [0.25, 0.3) is 0 Å². The number of amides is 2. The summed E-state index contributed by atoms with van der Waals surface area (Å²) < 4.78 is 4.78. The molecule has 7 heteroatoms. The van der Waals surface area contributed by atoms with Gasteiger partial charge in [-0.05, 0) is 30.0 Å². The molecule has 138 valence electrons. The Kier molecular flexibility index (Phi) is 8.41. The first-order valence-corrected chi connectivity index (χ1v) is 8.50. The van der Waals surface area contributed by atoms with Crippen molar-refractivity contribution < 1.29 is 19.1 Å². The van der Waals surface area contributed by atoms with Crippen LogP contribution in [0.15, 0.2) is 24.3 Å². The molecule has 0 bridgehead atoms. The summed E-state index contributed by atoms with van der Waals surface area (Å²) in [6.07, 6.45) is 0.712. The molecular weight excluding hydrogens is 344 g/mol. The van der Waals surface area contributed by atoms with E-state index in [0.717, 1.165) is 5.56 Å². The molecule has 2 atom stereocenters. The van der Waals surface area contributed by atoms with Gasteiger partial charge in [-0.25, -0.2) is 4.79 Å². The third-order valence-corrected chi connectivity index (χ3v) is 3.77. The molecule has 2 N–H and O–H groups in total. The van der Waals surface area contributed by atoms with Gasteiger partial charge in [0.1, 0.15) is 12.1 Å². The number of methoxy groups -OCH3 is 1. The smallest absolute Gasteiger partial charge is 0.328 e. The molecule has 1 rings (SSSR count). The van der Waals surface area contributed by atoms with E-state index >= 15 is 0 Å². The number of carbonyl (C=O) groups excluding carboxylic acids is 3. The average Bonchev–Trinajstić information content (AvgIpc) is 2.52. The normalized spacial score (nSPS) is 13.0. The highest BCUT2D eigenvalue weighted by Crippen LogP contribution is 2.13. The number of hydrogen-bond acceptors (Lipinski definition) is 4. The van der Waals surface area contributed by atoms with E-state index in [4.69, 9.17) is 16.3 Å². The van der Waals surface area contributed by atoms with E-state index in [0.29, 0.717) is 11.4 Å². The Bertz CT molecular complexity index is 619. The second-order valence-electron chi connectivity index (χ2n) is 6.30. The summed E-state index contributed by atoms with van der Waals surface area (Å²) in [5.74, 6) is -1.07. The maximum atomic E-state index is 12.5. The summed E-state index contributed by atoms with van der Waals surface area (Å²) in [5, 5.41) is 5.84. The first kappa shape index (κ1) is 21.0. The van der Waals surface area contributed by atoms with Gasteiger partial charge in [-0.3, -0.25) is 9.59 Å². The third kappa shape index (κ3) is 7.56. The number of benzene rings is 1. The van der Waals surface area contributed by atoms with E-state index in [1.807, 2.05) is 19.9 Å². The van der Waals surface area contributed by atoms with Gasteiger partial charge in [0.25, 0.3) is 0 Å². The molecule has 0 unspecified atom stereocenters. The summed E-state index contributed by atoms with van der Waals surface area (Å²) in [6, 6.07) is 5.47. The average molecular weight is 369 g/mol. The highest BCUT2D eigenvalue weighted by Gasteiger charge is 2.27. The minimum absolute atomic E-state index is 0.201. The van der Waals surface area contributed by atoms with Gasteiger partial charge in [0.15, 0.2) is 0 Å². The lowest BCUT2D eigenvalue weighted by Crippen LogP contribution is -2.52. The van der Waals surface area contributed by atoms with Gasteiger partial charge in [-0.15, -0.1) is 0 Å². The second-order valence-corrected chi connectivity index (χ2v) is 6.74. The van der Waals surface area contributed by atoms with Gasteiger partial charge in [0, 0.05) is 18.4 Å². The van der Waals surface area contributed by atoms with Crippen molar-refractivity contribution in [2.24, 2.45) is 5.92 Å². The first-order chi connectivity index (χ1) is 11.7. The fourth-order valence-corrected chi connectivity index (χ4v) is 2.67. The predicted molar refractivity (Wildman–Crippen MR) is 96.2 cm³/mol. The van der Waals surface area contributed by atoms with Crippen LogP contribution in [-0.4, -0.2) is 37.0 Å². The molecule has 0 saturated heterocycles. The SMILES string of the molecule is COC(=O)[C@@H](Cc1cccc(Cl)c1)NC(=O)[C@H](CC(C)C)NC(C)=O. The topological polar surface area (TPSA) is 84.5 Å². The lowest BCUT2D eigenvalue weighted by Gasteiger charge is -2.23. The van der Waals surface area contributed by atoms with Crippen molar-refractivity contribution >= 4 is 29.4 Å². The number of rotatable bonds is 8.